The zero-order valence-electron chi connectivity index (χ0n) is 8.57. The highest BCUT2D eigenvalue weighted by molar-refractivity contribution is 5.76. The molecule has 1 unspecified atom stereocenters. The van der Waals surface area contributed by atoms with Crippen LogP contribution in [0.4, 0.5) is 0 Å². The van der Waals surface area contributed by atoms with E-state index in [1.165, 1.54) is 5.56 Å². The number of imidazole rings is 1. The summed E-state index contributed by atoms with van der Waals surface area (Å²) in [5.74, 6) is 0. The second kappa shape index (κ2) is 3.42. The van der Waals surface area contributed by atoms with E-state index in [4.69, 9.17) is 5.73 Å². The molecule has 0 saturated carbocycles. The molecule has 3 heteroatoms. The Labute approximate surface area is 83.6 Å². The Morgan fingerprint density at radius 1 is 1.50 bits per heavy atom. The van der Waals surface area contributed by atoms with Gasteiger partial charge in [-0.2, -0.15) is 0 Å². The fourth-order valence-electron chi connectivity index (χ4n) is 1.62. The van der Waals surface area contributed by atoms with Crippen molar-refractivity contribution in [2.75, 3.05) is 0 Å². The third-order valence-electron chi connectivity index (χ3n) is 2.62. The van der Waals surface area contributed by atoms with Crippen molar-refractivity contribution in [2.45, 2.75) is 19.4 Å². The summed E-state index contributed by atoms with van der Waals surface area (Å²) in [5, 5.41) is 0. The summed E-state index contributed by atoms with van der Waals surface area (Å²) in [6.45, 7) is 2.09. The van der Waals surface area contributed by atoms with E-state index in [0.717, 1.165) is 17.5 Å². The highest BCUT2D eigenvalue weighted by atomic mass is 15.0. The number of rotatable bonds is 2. The Kier molecular flexibility index (Phi) is 2.25. The van der Waals surface area contributed by atoms with Crippen LogP contribution in [-0.2, 0) is 7.05 Å². The maximum Gasteiger partial charge on any atom is 0.0955 e. The lowest BCUT2D eigenvalue weighted by atomic mass is 10.1. The lowest BCUT2D eigenvalue weighted by molar-refractivity contribution is 0.699. The van der Waals surface area contributed by atoms with Crippen molar-refractivity contribution < 1.29 is 0 Å². The normalized spacial score (nSPS) is 13.4. The second-order valence-corrected chi connectivity index (χ2v) is 3.62. The van der Waals surface area contributed by atoms with Crippen molar-refractivity contribution in [1.29, 1.82) is 0 Å². The van der Waals surface area contributed by atoms with Gasteiger partial charge in [-0.15, -0.1) is 0 Å². The minimum absolute atomic E-state index is 0.126. The van der Waals surface area contributed by atoms with Crippen molar-refractivity contribution in [3.63, 3.8) is 0 Å². The number of hydrogen-bond donors (Lipinski definition) is 1. The number of aryl methyl sites for hydroxylation is 1. The summed E-state index contributed by atoms with van der Waals surface area (Å²) in [6.07, 6.45) is 2.78. The molecule has 1 heterocycles. The lowest BCUT2D eigenvalue weighted by Crippen LogP contribution is -2.08. The number of fused-ring (bicyclic) bond motifs is 1. The fraction of sp³-hybridized carbons (Fsp3) is 0.364. The van der Waals surface area contributed by atoms with Crippen molar-refractivity contribution in [3.8, 4) is 0 Å². The van der Waals surface area contributed by atoms with Crippen LogP contribution >= 0.6 is 0 Å². The van der Waals surface area contributed by atoms with Gasteiger partial charge >= 0.3 is 0 Å². The van der Waals surface area contributed by atoms with E-state index in [-0.39, 0.29) is 6.04 Å². The van der Waals surface area contributed by atoms with Crippen LogP contribution in [0.5, 0.6) is 0 Å². The lowest BCUT2D eigenvalue weighted by Gasteiger charge is -2.08. The Bertz CT molecular complexity index is 445. The maximum atomic E-state index is 5.96. The molecule has 2 N–H and O–H groups in total. The largest absolute Gasteiger partial charge is 0.334 e. The Hall–Kier alpha value is -1.35. The molecule has 0 fully saturated rings. The first-order valence-corrected chi connectivity index (χ1v) is 4.89. The van der Waals surface area contributed by atoms with Crippen LogP contribution in [0, 0.1) is 0 Å². The summed E-state index contributed by atoms with van der Waals surface area (Å²) >= 11 is 0. The molecule has 1 aromatic carbocycles. The zero-order chi connectivity index (χ0) is 10.1. The van der Waals surface area contributed by atoms with Crippen molar-refractivity contribution in [1.82, 2.24) is 9.55 Å². The number of nitrogens with two attached hydrogens (primary N) is 1. The molecule has 1 atom stereocenters. The van der Waals surface area contributed by atoms with Crippen LogP contribution in [0.25, 0.3) is 11.0 Å². The van der Waals surface area contributed by atoms with E-state index in [2.05, 4.69) is 30.1 Å². The Morgan fingerprint density at radius 3 is 3.00 bits per heavy atom. The molecular weight excluding hydrogens is 174 g/mol. The molecule has 2 rings (SSSR count). The summed E-state index contributed by atoms with van der Waals surface area (Å²) in [7, 11) is 1.99. The summed E-state index contributed by atoms with van der Waals surface area (Å²) in [5.41, 5.74) is 9.30. The highest BCUT2D eigenvalue weighted by Crippen LogP contribution is 2.19. The fourth-order valence-corrected chi connectivity index (χ4v) is 1.62. The smallest absolute Gasteiger partial charge is 0.0955 e. The Morgan fingerprint density at radius 2 is 2.29 bits per heavy atom. The van der Waals surface area contributed by atoms with Crippen molar-refractivity contribution in [2.24, 2.45) is 12.8 Å². The molecule has 0 amide bonds. The molecule has 1 aromatic heterocycles. The predicted octanol–water partition coefficient (Wildman–Crippen LogP) is 1.98. The molecule has 3 nitrogen and oxygen atoms in total. The van der Waals surface area contributed by atoms with E-state index in [1.807, 2.05) is 17.9 Å². The summed E-state index contributed by atoms with van der Waals surface area (Å²) in [4.78, 5) is 4.30. The Balaban J connectivity index is 2.52. The van der Waals surface area contributed by atoms with Gasteiger partial charge < -0.3 is 10.3 Å². The van der Waals surface area contributed by atoms with E-state index in [9.17, 15) is 0 Å². The van der Waals surface area contributed by atoms with E-state index >= 15 is 0 Å². The van der Waals surface area contributed by atoms with Gasteiger partial charge in [-0.1, -0.05) is 13.0 Å². The first-order chi connectivity index (χ1) is 6.72. The first kappa shape index (κ1) is 9.21. The third kappa shape index (κ3) is 1.40. The number of nitrogens with zero attached hydrogens (tertiary/aromatic N) is 2. The van der Waals surface area contributed by atoms with Gasteiger partial charge in [0.05, 0.1) is 17.4 Å². The van der Waals surface area contributed by atoms with Crippen LogP contribution in [0.15, 0.2) is 24.5 Å². The summed E-state index contributed by atoms with van der Waals surface area (Å²) in [6, 6.07) is 6.36. The molecule has 0 aliphatic carbocycles. The van der Waals surface area contributed by atoms with Crippen LogP contribution in [-0.4, -0.2) is 9.55 Å². The quantitative estimate of drug-likeness (QED) is 0.785. The topological polar surface area (TPSA) is 43.8 Å². The SMILES string of the molecule is CCC(N)c1ccc2c(c1)ncn2C. The highest BCUT2D eigenvalue weighted by Gasteiger charge is 2.05. The van der Waals surface area contributed by atoms with Gasteiger partial charge in [0.1, 0.15) is 0 Å². The molecule has 14 heavy (non-hydrogen) atoms. The third-order valence-corrected chi connectivity index (χ3v) is 2.62. The van der Waals surface area contributed by atoms with E-state index in [1.54, 1.807) is 0 Å². The van der Waals surface area contributed by atoms with Gasteiger partial charge in [-0.25, -0.2) is 4.98 Å². The molecule has 0 aliphatic heterocycles. The van der Waals surface area contributed by atoms with Crippen molar-refractivity contribution >= 4 is 11.0 Å². The van der Waals surface area contributed by atoms with Gasteiger partial charge in [-0.05, 0) is 24.1 Å². The number of benzene rings is 1. The number of hydrogen-bond acceptors (Lipinski definition) is 2. The summed E-state index contributed by atoms with van der Waals surface area (Å²) < 4.78 is 2.01. The zero-order valence-corrected chi connectivity index (χ0v) is 8.57. The average molecular weight is 189 g/mol. The van der Waals surface area contributed by atoms with E-state index < -0.39 is 0 Å². The molecule has 0 spiro atoms. The van der Waals surface area contributed by atoms with Crippen LogP contribution in [0.3, 0.4) is 0 Å². The first-order valence-electron chi connectivity index (χ1n) is 4.89. The molecule has 0 radical (unpaired) electrons. The minimum atomic E-state index is 0.126. The van der Waals surface area contributed by atoms with Crippen LogP contribution < -0.4 is 5.73 Å². The van der Waals surface area contributed by atoms with Crippen LogP contribution in [0.1, 0.15) is 24.9 Å². The van der Waals surface area contributed by atoms with Gasteiger partial charge in [0.15, 0.2) is 0 Å². The maximum absolute atomic E-state index is 5.96. The predicted molar refractivity (Wildman–Crippen MR) is 57.9 cm³/mol. The van der Waals surface area contributed by atoms with Crippen molar-refractivity contribution in [3.05, 3.63) is 30.1 Å². The molecular formula is C11H15N3. The average Bonchev–Trinajstić information content (AvgIpc) is 2.59. The molecule has 74 valence electrons. The monoisotopic (exact) mass is 189 g/mol. The molecule has 0 aliphatic rings. The second-order valence-electron chi connectivity index (χ2n) is 3.62. The van der Waals surface area contributed by atoms with Gasteiger partial charge in [-0.3, -0.25) is 0 Å². The molecule has 0 bridgehead atoms. The number of aromatic nitrogens is 2. The van der Waals surface area contributed by atoms with Crippen LogP contribution in [0.2, 0.25) is 0 Å². The molecule has 0 saturated heterocycles. The molecule has 2 aromatic rings. The van der Waals surface area contributed by atoms with Gasteiger partial charge in [0.2, 0.25) is 0 Å². The van der Waals surface area contributed by atoms with Gasteiger partial charge in [0.25, 0.3) is 0 Å². The standard InChI is InChI=1S/C11H15N3/c1-3-9(12)8-4-5-11-10(6-8)13-7-14(11)2/h4-7,9H,3,12H2,1-2H3. The van der Waals surface area contributed by atoms with Gasteiger partial charge in [0, 0.05) is 13.1 Å². The van der Waals surface area contributed by atoms with E-state index in [0.29, 0.717) is 0 Å². The minimum Gasteiger partial charge on any atom is -0.334 e.